The lowest BCUT2D eigenvalue weighted by Crippen LogP contribution is -2.29. The molecule has 0 N–H and O–H groups in total. The van der Waals surface area contributed by atoms with E-state index >= 15 is 0 Å². The van der Waals surface area contributed by atoms with Crippen LogP contribution in [-0.2, 0) is 9.53 Å². The van der Waals surface area contributed by atoms with Crippen LogP contribution in [-0.4, -0.2) is 11.6 Å². The van der Waals surface area contributed by atoms with Crippen molar-refractivity contribution < 1.29 is 9.53 Å². The van der Waals surface area contributed by atoms with Crippen LogP contribution in [0.25, 0.3) is 0 Å². The Labute approximate surface area is 169 Å². The van der Waals surface area contributed by atoms with Crippen LogP contribution in [0.4, 0.5) is 0 Å². The quantitative estimate of drug-likeness (QED) is 0.136. The van der Waals surface area contributed by atoms with Crippen molar-refractivity contribution in [2.24, 2.45) is 0 Å². The molecule has 2 nitrogen and oxygen atoms in total. The summed E-state index contributed by atoms with van der Waals surface area (Å²) < 4.78 is 5.68. The average molecular weight is 379 g/mol. The molecule has 0 spiro atoms. The first-order valence-electron chi connectivity index (χ1n) is 11.4. The van der Waals surface area contributed by atoms with Crippen molar-refractivity contribution in [2.45, 2.75) is 130 Å². The Morgan fingerprint density at radius 1 is 0.889 bits per heavy atom. The molecule has 0 heterocycles. The molecule has 0 aliphatic rings. The van der Waals surface area contributed by atoms with E-state index in [1.807, 2.05) is 6.92 Å². The number of carbonyl (C=O) groups is 1. The second kappa shape index (κ2) is 17.1. The SMILES string of the molecule is C=CC(C)(CCC=C(C)C)OC(=O)CCCCCCCCCCCCCC. The maximum atomic E-state index is 12.1. The van der Waals surface area contributed by atoms with Crippen molar-refractivity contribution in [1.29, 1.82) is 0 Å². The third-order valence-corrected chi connectivity index (χ3v) is 5.21. The molecule has 0 radical (unpaired) electrons. The molecule has 1 unspecified atom stereocenters. The zero-order valence-corrected chi connectivity index (χ0v) is 18.8. The van der Waals surface area contributed by atoms with Crippen LogP contribution in [0, 0.1) is 0 Å². The Bertz CT molecular complexity index is 407. The van der Waals surface area contributed by atoms with Crippen molar-refractivity contribution >= 4 is 5.97 Å². The Kier molecular flexibility index (Phi) is 16.4. The molecule has 0 bridgehead atoms. The highest BCUT2D eigenvalue weighted by molar-refractivity contribution is 5.70. The van der Waals surface area contributed by atoms with Gasteiger partial charge in [0.05, 0.1) is 0 Å². The topological polar surface area (TPSA) is 26.3 Å². The zero-order chi connectivity index (χ0) is 20.4. The van der Waals surface area contributed by atoms with Crippen molar-refractivity contribution in [2.75, 3.05) is 0 Å². The van der Waals surface area contributed by atoms with E-state index in [1.165, 1.54) is 69.8 Å². The van der Waals surface area contributed by atoms with Gasteiger partial charge in [0, 0.05) is 6.42 Å². The van der Waals surface area contributed by atoms with Gasteiger partial charge in [0.25, 0.3) is 0 Å². The van der Waals surface area contributed by atoms with Gasteiger partial charge in [-0.1, -0.05) is 95.8 Å². The largest absolute Gasteiger partial charge is 0.455 e. The zero-order valence-electron chi connectivity index (χ0n) is 18.8. The molecule has 1 atom stereocenters. The minimum absolute atomic E-state index is 0.0818. The van der Waals surface area contributed by atoms with Crippen LogP contribution in [0.15, 0.2) is 24.3 Å². The van der Waals surface area contributed by atoms with E-state index in [4.69, 9.17) is 4.74 Å². The summed E-state index contributed by atoms with van der Waals surface area (Å²) in [5, 5.41) is 0. The summed E-state index contributed by atoms with van der Waals surface area (Å²) >= 11 is 0. The maximum Gasteiger partial charge on any atom is 0.306 e. The van der Waals surface area contributed by atoms with Crippen LogP contribution >= 0.6 is 0 Å². The molecule has 0 amide bonds. The highest BCUT2D eigenvalue weighted by atomic mass is 16.6. The van der Waals surface area contributed by atoms with Gasteiger partial charge in [-0.25, -0.2) is 0 Å². The first-order chi connectivity index (χ1) is 12.9. The third kappa shape index (κ3) is 16.8. The summed E-state index contributed by atoms with van der Waals surface area (Å²) in [5.41, 5.74) is 0.754. The molecule has 0 aromatic heterocycles. The number of carbonyl (C=O) groups excluding carboxylic acids is 1. The molecule has 0 aromatic rings. The molecular formula is C25H46O2. The highest BCUT2D eigenvalue weighted by Gasteiger charge is 2.23. The smallest absolute Gasteiger partial charge is 0.306 e. The lowest BCUT2D eigenvalue weighted by atomic mass is 9.99. The number of ether oxygens (including phenoxy) is 1. The highest BCUT2D eigenvalue weighted by Crippen LogP contribution is 2.21. The molecule has 0 saturated carbocycles. The van der Waals surface area contributed by atoms with Gasteiger partial charge < -0.3 is 4.74 Å². The van der Waals surface area contributed by atoms with E-state index in [0.29, 0.717) is 6.42 Å². The fourth-order valence-electron chi connectivity index (χ4n) is 3.26. The van der Waals surface area contributed by atoms with E-state index in [-0.39, 0.29) is 5.97 Å². The Morgan fingerprint density at radius 2 is 1.37 bits per heavy atom. The molecule has 0 saturated heterocycles. The van der Waals surface area contributed by atoms with Crippen molar-refractivity contribution in [3.8, 4) is 0 Å². The van der Waals surface area contributed by atoms with Crippen LogP contribution in [0.3, 0.4) is 0 Å². The predicted octanol–water partition coefficient (Wildman–Crippen LogP) is 8.31. The summed E-state index contributed by atoms with van der Waals surface area (Å²) in [6.45, 7) is 12.3. The first kappa shape index (κ1) is 26.0. The van der Waals surface area contributed by atoms with Gasteiger partial charge in [0.1, 0.15) is 5.60 Å². The number of hydrogen-bond acceptors (Lipinski definition) is 2. The van der Waals surface area contributed by atoms with Gasteiger partial charge in [-0.3, -0.25) is 4.79 Å². The standard InChI is InChI=1S/C25H46O2/c1-6-8-9-10-11-12-13-14-15-16-17-18-21-24(26)27-25(5,7-2)22-19-20-23(3)4/h7,20H,2,6,8-19,21-22H2,1,3-5H3. The second-order valence-corrected chi connectivity index (χ2v) is 8.45. The Morgan fingerprint density at radius 3 is 1.81 bits per heavy atom. The summed E-state index contributed by atoms with van der Waals surface area (Å²) in [5.74, 6) is -0.0818. The first-order valence-corrected chi connectivity index (χ1v) is 11.4. The summed E-state index contributed by atoms with van der Waals surface area (Å²) in [7, 11) is 0. The van der Waals surface area contributed by atoms with Crippen LogP contribution in [0.1, 0.15) is 124 Å². The maximum absolute atomic E-state index is 12.1. The van der Waals surface area contributed by atoms with Crippen LogP contribution in [0.2, 0.25) is 0 Å². The summed E-state index contributed by atoms with van der Waals surface area (Å²) in [6, 6.07) is 0. The summed E-state index contributed by atoms with van der Waals surface area (Å²) in [6.07, 6.45) is 21.9. The molecule has 0 aromatic carbocycles. The Hall–Kier alpha value is -1.05. The minimum Gasteiger partial charge on any atom is -0.455 e. The fraction of sp³-hybridized carbons (Fsp3) is 0.800. The van der Waals surface area contributed by atoms with Gasteiger partial charge >= 0.3 is 5.97 Å². The third-order valence-electron chi connectivity index (χ3n) is 5.21. The fourth-order valence-corrected chi connectivity index (χ4v) is 3.26. The Balaban J connectivity index is 3.64. The molecule has 158 valence electrons. The molecular weight excluding hydrogens is 332 g/mol. The number of esters is 1. The van der Waals surface area contributed by atoms with Crippen molar-refractivity contribution in [1.82, 2.24) is 0 Å². The number of allylic oxidation sites excluding steroid dienone is 2. The predicted molar refractivity (Wildman–Crippen MR) is 119 cm³/mol. The van der Waals surface area contributed by atoms with E-state index in [1.54, 1.807) is 6.08 Å². The van der Waals surface area contributed by atoms with Crippen LogP contribution in [0.5, 0.6) is 0 Å². The van der Waals surface area contributed by atoms with Gasteiger partial charge in [-0.15, -0.1) is 0 Å². The lowest BCUT2D eigenvalue weighted by Gasteiger charge is -2.25. The monoisotopic (exact) mass is 378 g/mol. The normalized spacial score (nSPS) is 13.0. The molecule has 0 aliphatic carbocycles. The van der Waals surface area contributed by atoms with Crippen molar-refractivity contribution in [3.05, 3.63) is 24.3 Å². The van der Waals surface area contributed by atoms with E-state index in [2.05, 4.69) is 33.4 Å². The molecule has 27 heavy (non-hydrogen) atoms. The number of rotatable bonds is 18. The summed E-state index contributed by atoms with van der Waals surface area (Å²) in [4.78, 5) is 12.1. The van der Waals surface area contributed by atoms with Crippen molar-refractivity contribution in [3.63, 3.8) is 0 Å². The molecule has 0 rings (SSSR count). The van der Waals surface area contributed by atoms with E-state index < -0.39 is 5.60 Å². The van der Waals surface area contributed by atoms with E-state index in [0.717, 1.165) is 25.7 Å². The average Bonchev–Trinajstić information content (AvgIpc) is 2.62. The van der Waals surface area contributed by atoms with Gasteiger partial charge in [-0.05, 0) is 46.1 Å². The second-order valence-electron chi connectivity index (χ2n) is 8.45. The molecule has 0 fully saturated rings. The molecule has 2 heteroatoms. The number of unbranched alkanes of at least 4 members (excludes halogenated alkanes) is 11. The van der Waals surface area contributed by atoms with Gasteiger partial charge in [0.2, 0.25) is 0 Å². The van der Waals surface area contributed by atoms with E-state index in [9.17, 15) is 4.79 Å². The van der Waals surface area contributed by atoms with Gasteiger partial charge in [0.15, 0.2) is 0 Å². The van der Waals surface area contributed by atoms with Crippen LogP contribution < -0.4 is 0 Å². The molecule has 0 aliphatic heterocycles. The number of hydrogen-bond donors (Lipinski definition) is 0. The minimum atomic E-state index is -0.542. The lowest BCUT2D eigenvalue weighted by molar-refractivity contribution is -0.154. The van der Waals surface area contributed by atoms with Gasteiger partial charge in [-0.2, -0.15) is 0 Å².